The molecule has 0 aliphatic heterocycles. The molecule has 2 amide bonds. The van der Waals surface area contributed by atoms with Crippen LogP contribution in [0.25, 0.3) is 0 Å². The molecular weight excluding hydrogens is 338 g/mol. The smallest absolute Gasteiger partial charge is 0.405 e. The van der Waals surface area contributed by atoms with E-state index in [2.05, 4.69) is 10.6 Å². The highest BCUT2D eigenvalue weighted by Crippen LogP contribution is 2.14. The predicted molar refractivity (Wildman–Crippen MR) is 94.8 cm³/mol. The fraction of sp³-hybridized carbons (Fsp3) is 0.222. The van der Waals surface area contributed by atoms with Crippen LogP contribution in [0.1, 0.15) is 16.7 Å². The van der Waals surface area contributed by atoms with Crippen molar-refractivity contribution in [3.05, 3.63) is 75.3 Å². The molecule has 0 saturated heterocycles. The first-order valence-corrected chi connectivity index (χ1v) is 7.91. The van der Waals surface area contributed by atoms with E-state index in [1.54, 1.807) is 6.07 Å². The van der Waals surface area contributed by atoms with Gasteiger partial charge in [0.05, 0.1) is 4.92 Å². The van der Waals surface area contributed by atoms with Gasteiger partial charge in [-0.1, -0.05) is 42.0 Å². The van der Waals surface area contributed by atoms with E-state index in [1.807, 2.05) is 31.2 Å². The zero-order chi connectivity index (χ0) is 19.1. The van der Waals surface area contributed by atoms with Gasteiger partial charge in [0.1, 0.15) is 6.04 Å². The Bertz CT molecular complexity index is 805. The molecule has 2 aromatic carbocycles. The molecule has 1 unspecified atom stereocenters. The monoisotopic (exact) mass is 357 g/mol. The zero-order valence-corrected chi connectivity index (χ0v) is 14.1. The first-order valence-electron chi connectivity index (χ1n) is 7.91. The number of nitro groups is 1. The van der Waals surface area contributed by atoms with Gasteiger partial charge in [-0.15, -0.1) is 0 Å². The average Bonchev–Trinajstić information content (AvgIpc) is 2.60. The summed E-state index contributed by atoms with van der Waals surface area (Å²) >= 11 is 0. The minimum Gasteiger partial charge on any atom is -0.465 e. The first-order chi connectivity index (χ1) is 12.3. The molecule has 0 aliphatic rings. The van der Waals surface area contributed by atoms with Crippen molar-refractivity contribution >= 4 is 17.7 Å². The zero-order valence-electron chi connectivity index (χ0n) is 14.1. The van der Waals surface area contributed by atoms with Gasteiger partial charge in [0.2, 0.25) is 5.91 Å². The SMILES string of the molecule is Cc1ccc(CNC(=O)C(Cc2cccc([N+](=O)[O-])c2)NC(=O)O)cc1. The highest BCUT2D eigenvalue weighted by atomic mass is 16.6. The molecule has 0 saturated carbocycles. The molecule has 0 heterocycles. The maximum Gasteiger partial charge on any atom is 0.405 e. The lowest BCUT2D eigenvalue weighted by molar-refractivity contribution is -0.384. The van der Waals surface area contributed by atoms with Crippen molar-refractivity contribution < 1.29 is 19.6 Å². The Morgan fingerprint density at radius 2 is 1.85 bits per heavy atom. The van der Waals surface area contributed by atoms with Gasteiger partial charge in [-0.2, -0.15) is 0 Å². The van der Waals surface area contributed by atoms with Crippen LogP contribution in [0.3, 0.4) is 0 Å². The van der Waals surface area contributed by atoms with Gasteiger partial charge in [0.15, 0.2) is 0 Å². The van der Waals surface area contributed by atoms with Gasteiger partial charge in [-0.3, -0.25) is 14.9 Å². The molecule has 8 nitrogen and oxygen atoms in total. The number of benzene rings is 2. The van der Waals surface area contributed by atoms with E-state index in [0.717, 1.165) is 11.1 Å². The van der Waals surface area contributed by atoms with E-state index in [-0.39, 0.29) is 18.7 Å². The number of carbonyl (C=O) groups is 2. The van der Waals surface area contributed by atoms with Crippen molar-refractivity contribution in [2.75, 3.05) is 0 Å². The van der Waals surface area contributed by atoms with E-state index in [9.17, 15) is 19.7 Å². The second-order valence-corrected chi connectivity index (χ2v) is 5.84. The molecule has 0 aromatic heterocycles. The summed E-state index contributed by atoms with van der Waals surface area (Å²) in [5, 5.41) is 24.7. The number of rotatable bonds is 7. The number of nitro benzene ring substituents is 1. The van der Waals surface area contributed by atoms with Crippen LogP contribution >= 0.6 is 0 Å². The lowest BCUT2D eigenvalue weighted by Gasteiger charge is -2.17. The molecule has 0 spiro atoms. The van der Waals surface area contributed by atoms with E-state index in [1.165, 1.54) is 18.2 Å². The predicted octanol–water partition coefficient (Wildman–Crippen LogP) is 2.40. The maximum atomic E-state index is 12.4. The molecule has 1 atom stereocenters. The van der Waals surface area contributed by atoms with E-state index < -0.39 is 23.0 Å². The minimum absolute atomic E-state index is 0.00765. The van der Waals surface area contributed by atoms with Gasteiger partial charge < -0.3 is 15.7 Å². The molecule has 0 aliphatic carbocycles. The number of nitrogens with one attached hydrogen (secondary N) is 2. The Kier molecular flexibility index (Phi) is 6.26. The van der Waals surface area contributed by atoms with E-state index in [4.69, 9.17) is 5.11 Å². The van der Waals surface area contributed by atoms with Crippen molar-refractivity contribution in [3.8, 4) is 0 Å². The number of nitrogens with zero attached hydrogens (tertiary/aromatic N) is 1. The Morgan fingerprint density at radius 1 is 1.15 bits per heavy atom. The van der Waals surface area contributed by atoms with Crippen LogP contribution in [0.4, 0.5) is 10.5 Å². The number of aryl methyl sites for hydroxylation is 1. The summed E-state index contributed by atoms with van der Waals surface area (Å²) < 4.78 is 0. The normalized spacial score (nSPS) is 11.4. The van der Waals surface area contributed by atoms with E-state index >= 15 is 0 Å². The number of hydrogen-bond donors (Lipinski definition) is 3. The third-order valence-electron chi connectivity index (χ3n) is 3.76. The highest BCUT2D eigenvalue weighted by molar-refractivity contribution is 5.85. The Hall–Kier alpha value is -3.42. The van der Waals surface area contributed by atoms with Crippen LogP contribution in [-0.2, 0) is 17.8 Å². The standard InChI is InChI=1S/C18H19N3O5/c1-12-5-7-13(8-6-12)11-19-17(22)16(20-18(23)24)10-14-3-2-4-15(9-14)21(25)26/h2-9,16,20H,10-11H2,1H3,(H,19,22)(H,23,24). The van der Waals surface area contributed by atoms with Gasteiger partial charge in [-0.25, -0.2) is 4.79 Å². The number of carboxylic acid groups (broad SMARTS) is 1. The average molecular weight is 357 g/mol. The lowest BCUT2D eigenvalue weighted by Crippen LogP contribution is -2.47. The maximum absolute atomic E-state index is 12.4. The van der Waals surface area contributed by atoms with Crippen molar-refractivity contribution in [3.63, 3.8) is 0 Å². The lowest BCUT2D eigenvalue weighted by atomic mass is 10.0. The molecule has 0 fully saturated rings. The molecule has 3 N–H and O–H groups in total. The van der Waals surface area contributed by atoms with Crippen LogP contribution in [0.2, 0.25) is 0 Å². The largest absolute Gasteiger partial charge is 0.465 e. The van der Waals surface area contributed by atoms with Crippen molar-refractivity contribution in [1.29, 1.82) is 0 Å². The topological polar surface area (TPSA) is 122 Å². The van der Waals surface area contributed by atoms with Crippen LogP contribution in [-0.4, -0.2) is 28.1 Å². The number of amides is 2. The molecule has 2 aromatic rings. The summed E-state index contributed by atoms with van der Waals surface area (Å²) in [6.07, 6.45) is -1.33. The number of carbonyl (C=O) groups excluding carboxylic acids is 1. The van der Waals surface area contributed by atoms with Gasteiger partial charge >= 0.3 is 6.09 Å². The van der Waals surface area contributed by atoms with Crippen molar-refractivity contribution in [2.24, 2.45) is 0 Å². The van der Waals surface area contributed by atoms with Gasteiger partial charge in [0, 0.05) is 25.1 Å². The summed E-state index contributed by atoms with van der Waals surface area (Å²) in [5.74, 6) is -0.500. The number of hydrogen-bond acceptors (Lipinski definition) is 4. The first kappa shape index (κ1) is 18.9. The molecule has 26 heavy (non-hydrogen) atoms. The van der Waals surface area contributed by atoms with Gasteiger partial charge in [0.25, 0.3) is 5.69 Å². The molecular formula is C18H19N3O5. The molecule has 136 valence electrons. The summed E-state index contributed by atoms with van der Waals surface area (Å²) in [6, 6.07) is 12.3. The summed E-state index contributed by atoms with van der Waals surface area (Å²) in [4.78, 5) is 33.7. The van der Waals surface area contributed by atoms with Crippen molar-refractivity contribution in [2.45, 2.75) is 25.9 Å². The Labute approximate surface area is 150 Å². The van der Waals surface area contributed by atoms with Gasteiger partial charge in [-0.05, 0) is 18.1 Å². The summed E-state index contributed by atoms with van der Waals surface area (Å²) in [6.45, 7) is 2.21. The quantitative estimate of drug-likeness (QED) is 0.519. The fourth-order valence-corrected chi connectivity index (χ4v) is 2.41. The summed E-state index contributed by atoms with van der Waals surface area (Å²) in [5.41, 5.74) is 2.35. The summed E-state index contributed by atoms with van der Waals surface area (Å²) in [7, 11) is 0. The molecule has 2 rings (SSSR count). The third-order valence-corrected chi connectivity index (χ3v) is 3.76. The third kappa shape index (κ3) is 5.59. The van der Waals surface area contributed by atoms with Crippen LogP contribution in [0.5, 0.6) is 0 Å². The minimum atomic E-state index is -1.34. The molecule has 8 heteroatoms. The second-order valence-electron chi connectivity index (χ2n) is 5.84. The Morgan fingerprint density at radius 3 is 2.46 bits per heavy atom. The Balaban J connectivity index is 2.06. The van der Waals surface area contributed by atoms with Crippen LogP contribution in [0, 0.1) is 17.0 Å². The highest BCUT2D eigenvalue weighted by Gasteiger charge is 2.21. The molecule has 0 radical (unpaired) electrons. The fourth-order valence-electron chi connectivity index (χ4n) is 2.41. The molecule has 0 bridgehead atoms. The van der Waals surface area contributed by atoms with Crippen LogP contribution in [0.15, 0.2) is 48.5 Å². The number of non-ortho nitro benzene ring substituents is 1. The van der Waals surface area contributed by atoms with Crippen LogP contribution < -0.4 is 10.6 Å². The second kappa shape index (κ2) is 8.61. The van der Waals surface area contributed by atoms with Crippen molar-refractivity contribution in [1.82, 2.24) is 10.6 Å². The van der Waals surface area contributed by atoms with E-state index in [0.29, 0.717) is 5.56 Å².